The second-order valence-corrected chi connectivity index (χ2v) is 8.31. The maximum Gasteiger partial charge on any atom is 0.261 e. The first-order valence-electron chi connectivity index (χ1n) is 9.88. The molecular formula is C23H20N4O3S. The lowest BCUT2D eigenvalue weighted by Crippen LogP contribution is -2.17. The van der Waals surface area contributed by atoms with Crippen LogP contribution in [0.4, 0.5) is 5.69 Å². The van der Waals surface area contributed by atoms with E-state index in [1.807, 2.05) is 62.4 Å². The summed E-state index contributed by atoms with van der Waals surface area (Å²) in [4.78, 5) is 19.6. The van der Waals surface area contributed by atoms with E-state index in [1.54, 1.807) is 22.5 Å². The number of hydrogen-bond donors (Lipinski definition) is 1. The molecule has 0 radical (unpaired) electrons. The second-order valence-electron chi connectivity index (χ2n) is 7.19. The Bertz CT molecular complexity index is 1290. The molecule has 0 unspecified atom stereocenters. The highest BCUT2D eigenvalue weighted by atomic mass is 32.2. The van der Waals surface area contributed by atoms with Crippen molar-refractivity contribution in [2.45, 2.75) is 23.6 Å². The summed E-state index contributed by atoms with van der Waals surface area (Å²) >= 11 is 1.55. The van der Waals surface area contributed by atoms with E-state index >= 15 is 0 Å². The van der Waals surface area contributed by atoms with Crippen molar-refractivity contribution in [3.63, 3.8) is 0 Å². The number of fused-ring (bicyclic) bond motifs is 2. The molecule has 0 aliphatic carbocycles. The van der Waals surface area contributed by atoms with E-state index in [4.69, 9.17) is 9.47 Å². The molecule has 0 atom stereocenters. The molecule has 4 aromatic rings. The first-order chi connectivity index (χ1) is 15.1. The van der Waals surface area contributed by atoms with Crippen LogP contribution in [0.25, 0.3) is 5.65 Å². The molecule has 0 saturated heterocycles. The number of carbonyl (C=O) groups excluding carboxylic acids is 1. The maximum absolute atomic E-state index is 13.2. The molecule has 7 nitrogen and oxygen atoms in total. The molecule has 0 fully saturated rings. The first-order valence-corrected chi connectivity index (χ1v) is 10.7. The van der Waals surface area contributed by atoms with E-state index < -0.39 is 0 Å². The van der Waals surface area contributed by atoms with Crippen LogP contribution in [0.1, 0.15) is 21.7 Å². The van der Waals surface area contributed by atoms with Gasteiger partial charge in [-0.1, -0.05) is 30.0 Å². The van der Waals surface area contributed by atoms with Crippen LogP contribution in [0.2, 0.25) is 0 Å². The van der Waals surface area contributed by atoms with Gasteiger partial charge in [-0.15, -0.1) is 0 Å². The zero-order valence-corrected chi connectivity index (χ0v) is 17.9. The van der Waals surface area contributed by atoms with Gasteiger partial charge in [0.1, 0.15) is 18.8 Å². The van der Waals surface area contributed by atoms with Crippen LogP contribution in [0.5, 0.6) is 11.5 Å². The Balaban J connectivity index is 1.52. The summed E-state index contributed by atoms with van der Waals surface area (Å²) in [5, 5.41) is 7.35. The second kappa shape index (κ2) is 7.96. The van der Waals surface area contributed by atoms with Crippen molar-refractivity contribution in [3.05, 3.63) is 71.7 Å². The molecule has 0 saturated carbocycles. The average molecular weight is 433 g/mol. The van der Waals surface area contributed by atoms with Crippen LogP contribution >= 0.6 is 11.8 Å². The van der Waals surface area contributed by atoms with Gasteiger partial charge >= 0.3 is 0 Å². The van der Waals surface area contributed by atoms with Crippen molar-refractivity contribution in [3.8, 4) is 11.5 Å². The topological polar surface area (TPSA) is 77.8 Å². The summed E-state index contributed by atoms with van der Waals surface area (Å²) in [6.07, 6.45) is 1.55. The largest absolute Gasteiger partial charge is 0.486 e. The quantitative estimate of drug-likeness (QED) is 0.511. The Labute approximate surface area is 183 Å². The minimum atomic E-state index is -0.279. The molecule has 1 aliphatic heterocycles. The normalized spacial score (nSPS) is 12.7. The van der Waals surface area contributed by atoms with Gasteiger partial charge in [0, 0.05) is 33.3 Å². The maximum atomic E-state index is 13.2. The molecule has 3 heterocycles. The van der Waals surface area contributed by atoms with Crippen LogP contribution in [0, 0.1) is 13.8 Å². The lowest BCUT2D eigenvalue weighted by molar-refractivity contribution is 0.102. The molecule has 8 heteroatoms. The van der Waals surface area contributed by atoms with Gasteiger partial charge < -0.3 is 14.8 Å². The first kappa shape index (κ1) is 19.4. The van der Waals surface area contributed by atoms with E-state index in [0.717, 1.165) is 21.2 Å². The molecular weight excluding hydrogens is 412 g/mol. The summed E-state index contributed by atoms with van der Waals surface area (Å²) in [7, 11) is 0. The Morgan fingerprint density at radius 2 is 1.81 bits per heavy atom. The summed E-state index contributed by atoms with van der Waals surface area (Å²) in [6, 6.07) is 15.6. The van der Waals surface area contributed by atoms with E-state index in [1.165, 1.54) is 0 Å². The van der Waals surface area contributed by atoms with Crippen molar-refractivity contribution in [1.82, 2.24) is 14.6 Å². The van der Waals surface area contributed by atoms with Crippen LogP contribution in [0.15, 0.2) is 64.5 Å². The number of nitrogens with zero attached hydrogens (tertiary/aromatic N) is 3. The fourth-order valence-corrected chi connectivity index (χ4v) is 4.42. The number of aryl methyl sites for hydroxylation is 2. The molecule has 5 rings (SSSR count). The number of carbonyl (C=O) groups is 1. The highest BCUT2D eigenvalue weighted by Crippen LogP contribution is 2.42. The van der Waals surface area contributed by atoms with Gasteiger partial charge in [0.25, 0.3) is 5.91 Å². The van der Waals surface area contributed by atoms with Gasteiger partial charge in [0.05, 0.1) is 11.9 Å². The van der Waals surface area contributed by atoms with Gasteiger partial charge in [0.2, 0.25) is 0 Å². The highest BCUT2D eigenvalue weighted by Gasteiger charge is 2.21. The third-order valence-corrected chi connectivity index (χ3v) is 5.95. The summed E-state index contributed by atoms with van der Waals surface area (Å²) in [5.41, 5.74) is 3.34. The number of nitrogens with one attached hydrogen (secondary N) is 1. The molecule has 2 aromatic carbocycles. The molecule has 31 heavy (non-hydrogen) atoms. The number of anilines is 1. The number of ether oxygens (including phenoxy) is 2. The zero-order valence-electron chi connectivity index (χ0n) is 17.1. The van der Waals surface area contributed by atoms with Gasteiger partial charge in [-0.3, -0.25) is 4.79 Å². The summed E-state index contributed by atoms with van der Waals surface area (Å²) < 4.78 is 13.1. The summed E-state index contributed by atoms with van der Waals surface area (Å²) in [5.74, 6) is 1.01. The molecule has 156 valence electrons. The van der Waals surface area contributed by atoms with E-state index in [2.05, 4.69) is 15.4 Å². The predicted octanol–water partition coefficient (Wildman–Crippen LogP) is 4.52. The lowest BCUT2D eigenvalue weighted by atomic mass is 10.2. The standard InChI is InChI=1S/C23H20N4O3S/c1-14-10-15(2)27-22(25-14)17(13-24-27)23(28)26-18-11-19-20(30-9-8-29-19)12-21(18)31-16-6-4-3-5-7-16/h3-7,10-13H,8-9H2,1-2H3,(H,26,28). The zero-order chi connectivity index (χ0) is 21.4. The van der Waals surface area contributed by atoms with Crippen LogP contribution in [-0.2, 0) is 0 Å². The lowest BCUT2D eigenvalue weighted by Gasteiger charge is -2.21. The van der Waals surface area contributed by atoms with Gasteiger partial charge in [-0.25, -0.2) is 9.50 Å². The Morgan fingerprint density at radius 1 is 1.06 bits per heavy atom. The molecule has 1 aliphatic rings. The van der Waals surface area contributed by atoms with Crippen molar-refractivity contribution < 1.29 is 14.3 Å². The van der Waals surface area contributed by atoms with Crippen molar-refractivity contribution in [2.24, 2.45) is 0 Å². The number of benzene rings is 2. The monoisotopic (exact) mass is 432 g/mol. The highest BCUT2D eigenvalue weighted by molar-refractivity contribution is 7.99. The smallest absolute Gasteiger partial charge is 0.261 e. The predicted molar refractivity (Wildman–Crippen MR) is 118 cm³/mol. The third kappa shape index (κ3) is 3.82. The van der Waals surface area contributed by atoms with E-state index in [9.17, 15) is 4.79 Å². The van der Waals surface area contributed by atoms with Crippen LogP contribution < -0.4 is 14.8 Å². The number of aromatic nitrogens is 3. The van der Waals surface area contributed by atoms with Gasteiger partial charge in [-0.2, -0.15) is 5.10 Å². The van der Waals surface area contributed by atoms with Crippen molar-refractivity contribution in [1.29, 1.82) is 0 Å². The Morgan fingerprint density at radius 3 is 2.58 bits per heavy atom. The number of rotatable bonds is 4. The van der Waals surface area contributed by atoms with E-state index in [0.29, 0.717) is 41.6 Å². The Hall–Kier alpha value is -3.52. The third-order valence-electron chi connectivity index (χ3n) is 4.89. The number of hydrogen-bond acceptors (Lipinski definition) is 6. The molecule has 0 spiro atoms. The van der Waals surface area contributed by atoms with Gasteiger partial charge in [-0.05, 0) is 32.0 Å². The molecule has 0 bridgehead atoms. The molecule has 1 amide bonds. The number of amides is 1. The molecule has 2 aromatic heterocycles. The SMILES string of the molecule is Cc1cc(C)n2ncc(C(=O)Nc3cc4c(cc3Sc3ccccc3)OCCO4)c2n1. The minimum absolute atomic E-state index is 0.279. The van der Waals surface area contributed by atoms with Gasteiger partial charge in [0.15, 0.2) is 17.1 Å². The van der Waals surface area contributed by atoms with Crippen molar-refractivity contribution in [2.75, 3.05) is 18.5 Å². The van der Waals surface area contributed by atoms with Crippen LogP contribution in [-0.4, -0.2) is 33.7 Å². The average Bonchev–Trinajstić information content (AvgIpc) is 3.19. The Kier molecular flexibility index (Phi) is 4.99. The summed E-state index contributed by atoms with van der Waals surface area (Å²) in [6.45, 7) is 4.81. The molecule has 1 N–H and O–H groups in total. The van der Waals surface area contributed by atoms with E-state index in [-0.39, 0.29) is 5.91 Å². The fraction of sp³-hybridized carbons (Fsp3) is 0.174. The van der Waals surface area contributed by atoms with Crippen molar-refractivity contribution >= 4 is 29.0 Å². The fourth-order valence-electron chi connectivity index (χ4n) is 3.49. The van der Waals surface area contributed by atoms with Crippen LogP contribution in [0.3, 0.4) is 0 Å². The minimum Gasteiger partial charge on any atom is -0.486 e.